The van der Waals surface area contributed by atoms with Crippen molar-refractivity contribution in [3.8, 4) is 45.0 Å². The van der Waals surface area contributed by atoms with Gasteiger partial charge in [0.15, 0.2) is 17.5 Å². The second kappa shape index (κ2) is 12.2. The zero-order valence-corrected chi connectivity index (χ0v) is 29.2. The average Bonchev–Trinajstić information content (AvgIpc) is 3.83. The number of benzene rings is 7. The van der Waals surface area contributed by atoms with Gasteiger partial charge in [0, 0.05) is 38.4 Å². The summed E-state index contributed by atoms with van der Waals surface area (Å²) in [5, 5.41) is 5.51. The van der Waals surface area contributed by atoms with E-state index in [0.717, 1.165) is 101 Å². The van der Waals surface area contributed by atoms with Crippen molar-refractivity contribution in [3.63, 3.8) is 0 Å². The smallest absolute Gasteiger partial charge is 0.167 e. The van der Waals surface area contributed by atoms with E-state index >= 15 is 0 Å². The molecule has 7 aromatic carbocycles. The molecule has 0 spiro atoms. The summed E-state index contributed by atoms with van der Waals surface area (Å²) in [6.07, 6.45) is 4.00. The molecule has 0 N–H and O–H groups in total. The van der Waals surface area contributed by atoms with Gasteiger partial charge in [0.1, 0.15) is 22.5 Å². The van der Waals surface area contributed by atoms with Crippen LogP contribution in [0, 0.1) is 0 Å². The summed E-state index contributed by atoms with van der Waals surface area (Å²) in [5.74, 6) is 2.69. The Morgan fingerprint density at radius 1 is 0.407 bits per heavy atom. The minimum Gasteiger partial charge on any atom is -0.456 e. The predicted molar refractivity (Wildman–Crippen MR) is 218 cm³/mol. The molecular formula is C49H31N3O2. The summed E-state index contributed by atoms with van der Waals surface area (Å²) in [7, 11) is 0. The number of hydrogen-bond donors (Lipinski definition) is 0. The van der Waals surface area contributed by atoms with Crippen LogP contribution in [0.1, 0.15) is 23.6 Å². The Balaban J connectivity index is 1.11. The van der Waals surface area contributed by atoms with E-state index in [-0.39, 0.29) is 0 Å². The molecule has 54 heavy (non-hydrogen) atoms. The zero-order valence-electron chi connectivity index (χ0n) is 29.2. The van der Waals surface area contributed by atoms with Crippen molar-refractivity contribution in [2.45, 2.75) is 12.8 Å². The Labute approximate surface area is 310 Å². The summed E-state index contributed by atoms with van der Waals surface area (Å²) in [4.78, 5) is 15.5. The lowest BCUT2D eigenvalue weighted by molar-refractivity contribution is 0.590. The molecule has 0 bridgehead atoms. The molecule has 0 unspecified atom stereocenters. The zero-order chi connectivity index (χ0) is 35.6. The van der Waals surface area contributed by atoms with Crippen LogP contribution in [0.15, 0.2) is 173 Å². The van der Waals surface area contributed by atoms with Crippen molar-refractivity contribution in [2.24, 2.45) is 0 Å². The van der Waals surface area contributed by atoms with Crippen LogP contribution in [-0.2, 0) is 6.42 Å². The van der Waals surface area contributed by atoms with Gasteiger partial charge in [0.2, 0.25) is 0 Å². The first-order valence-electron chi connectivity index (χ1n) is 18.3. The molecule has 0 fully saturated rings. The maximum atomic E-state index is 6.64. The summed E-state index contributed by atoms with van der Waals surface area (Å²) in [6, 6.07) is 54.5. The first-order chi connectivity index (χ1) is 26.8. The number of rotatable bonds is 5. The van der Waals surface area contributed by atoms with E-state index in [1.807, 2.05) is 48.5 Å². The highest BCUT2D eigenvalue weighted by atomic mass is 16.3. The van der Waals surface area contributed by atoms with Crippen molar-refractivity contribution in [2.75, 3.05) is 0 Å². The van der Waals surface area contributed by atoms with E-state index in [1.165, 1.54) is 5.56 Å². The molecule has 3 heterocycles. The Bertz CT molecular complexity index is 3100. The fourth-order valence-corrected chi connectivity index (χ4v) is 8.19. The molecule has 1 aliphatic rings. The van der Waals surface area contributed by atoms with Gasteiger partial charge in [0.25, 0.3) is 0 Å². The highest BCUT2D eigenvalue weighted by molar-refractivity contribution is 6.18. The van der Waals surface area contributed by atoms with Crippen LogP contribution in [0.3, 0.4) is 0 Å². The van der Waals surface area contributed by atoms with Gasteiger partial charge >= 0.3 is 0 Å². The molecule has 11 rings (SSSR count). The lowest BCUT2D eigenvalue weighted by Crippen LogP contribution is -2.06. The van der Waals surface area contributed by atoms with Gasteiger partial charge in [-0.1, -0.05) is 146 Å². The number of aromatic nitrogens is 3. The van der Waals surface area contributed by atoms with Crippen LogP contribution < -0.4 is 0 Å². The topological polar surface area (TPSA) is 65.0 Å². The third-order valence-electron chi connectivity index (χ3n) is 10.7. The van der Waals surface area contributed by atoms with Gasteiger partial charge in [0.05, 0.1) is 5.57 Å². The largest absolute Gasteiger partial charge is 0.456 e. The molecule has 0 aliphatic heterocycles. The van der Waals surface area contributed by atoms with Crippen LogP contribution in [0.4, 0.5) is 0 Å². The Kier molecular flexibility index (Phi) is 6.92. The second-order valence-corrected chi connectivity index (χ2v) is 13.8. The van der Waals surface area contributed by atoms with Gasteiger partial charge in [-0.05, 0) is 58.5 Å². The molecule has 10 aromatic rings. The Morgan fingerprint density at radius 3 is 1.85 bits per heavy atom. The minimum atomic E-state index is 0.607. The molecule has 0 saturated heterocycles. The highest BCUT2D eigenvalue weighted by Gasteiger charge is 2.26. The SMILES string of the molecule is C1=C(c2nc(-c3ccccc3)nc(-c3ccc(-c4cccc5oc6c(-c7ccccc7)cccc6c45)c4ccccc34)n2)c2oc3ccccc3c2CC1. The van der Waals surface area contributed by atoms with E-state index < -0.39 is 0 Å². The number of allylic oxidation sites excluding steroid dienone is 1. The van der Waals surface area contributed by atoms with Gasteiger partial charge < -0.3 is 8.83 Å². The standard InChI is InChI=1S/C49H31N3O2/c1-3-14-30(15-4-1)32-21-11-24-40-44-37(22-13-27-43(44)54-45(32)40)35-28-29-39(34-19-8-7-18-33(34)35)48-50-47(31-16-5-2-6-17-31)51-49(52-48)41-25-12-23-38-36-20-9-10-26-42(36)53-46(38)41/h1-11,13-22,24-29H,12,23H2. The van der Waals surface area contributed by atoms with E-state index in [1.54, 1.807) is 0 Å². The van der Waals surface area contributed by atoms with Crippen LogP contribution >= 0.6 is 0 Å². The van der Waals surface area contributed by atoms with Crippen molar-refractivity contribution in [1.82, 2.24) is 15.0 Å². The monoisotopic (exact) mass is 693 g/mol. The summed E-state index contributed by atoms with van der Waals surface area (Å²) in [6.45, 7) is 0. The third kappa shape index (κ3) is 4.82. The normalized spacial score (nSPS) is 12.8. The first kappa shape index (κ1) is 30.5. The lowest BCUT2D eigenvalue weighted by atomic mass is 9.91. The van der Waals surface area contributed by atoms with Crippen LogP contribution in [-0.4, -0.2) is 15.0 Å². The molecule has 0 radical (unpaired) electrons. The maximum absolute atomic E-state index is 6.64. The summed E-state index contributed by atoms with van der Waals surface area (Å²) < 4.78 is 13.1. The van der Waals surface area contributed by atoms with Crippen molar-refractivity contribution < 1.29 is 8.83 Å². The van der Waals surface area contributed by atoms with Crippen molar-refractivity contribution >= 4 is 49.3 Å². The van der Waals surface area contributed by atoms with Crippen molar-refractivity contribution in [1.29, 1.82) is 0 Å². The average molecular weight is 694 g/mol. The molecular weight excluding hydrogens is 663 g/mol. The van der Waals surface area contributed by atoms with Gasteiger partial charge in [-0.2, -0.15) is 0 Å². The molecule has 0 atom stereocenters. The fourth-order valence-electron chi connectivity index (χ4n) is 8.19. The molecule has 5 nitrogen and oxygen atoms in total. The Hall–Kier alpha value is -7.11. The highest BCUT2D eigenvalue weighted by Crippen LogP contribution is 2.44. The predicted octanol–water partition coefficient (Wildman–Crippen LogP) is 12.7. The van der Waals surface area contributed by atoms with Crippen LogP contribution in [0.5, 0.6) is 0 Å². The number of nitrogens with zero attached hydrogens (tertiary/aromatic N) is 3. The number of furan rings is 2. The van der Waals surface area contributed by atoms with Gasteiger partial charge in [-0.3, -0.25) is 0 Å². The maximum Gasteiger partial charge on any atom is 0.167 e. The quantitative estimate of drug-likeness (QED) is 0.179. The molecule has 5 heteroatoms. The summed E-state index contributed by atoms with van der Waals surface area (Å²) >= 11 is 0. The number of fused-ring (bicyclic) bond motifs is 7. The van der Waals surface area contributed by atoms with Gasteiger partial charge in [-0.25, -0.2) is 15.0 Å². The molecule has 0 saturated carbocycles. The van der Waals surface area contributed by atoms with E-state index in [9.17, 15) is 0 Å². The van der Waals surface area contributed by atoms with Crippen molar-refractivity contribution in [3.05, 3.63) is 181 Å². The van der Waals surface area contributed by atoms with Crippen LogP contribution in [0.2, 0.25) is 0 Å². The van der Waals surface area contributed by atoms with E-state index in [2.05, 4.69) is 115 Å². The van der Waals surface area contributed by atoms with Gasteiger partial charge in [-0.15, -0.1) is 0 Å². The first-order valence-corrected chi connectivity index (χ1v) is 18.3. The fraction of sp³-hybridized carbons (Fsp3) is 0.0408. The number of hydrogen-bond acceptors (Lipinski definition) is 5. The second-order valence-electron chi connectivity index (χ2n) is 13.8. The third-order valence-corrected chi connectivity index (χ3v) is 10.7. The Morgan fingerprint density at radius 2 is 1.02 bits per heavy atom. The molecule has 1 aliphatic carbocycles. The minimum absolute atomic E-state index is 0.607. The molecule has 0 amide bonds. The molecule has 3 aromatic heterocycles. The molecule has 254 valence electrons. The lowest BCUT2D eigenvalue weighted by Gasteiger charge is -2.15. The van der Waals surface area contributed by atoms with E-state index in [4.69, 9.17) is 23.8 Å². The summed E-state index contributed by atoms with van der Waals surface area (Å²) in [5.41, 5.74) is 11.1. The number of aryl methyl sites for hydroxylation is 1. The van der Waals surface area contributed by atoms with Crippen LogP contribution in [0.25, 0.3) is 94.3 Å². The van der Waals surface area contributed by atoms with E-state index in [0.29, 0.717) is 17.5 Å². The number of para-hydroxylation sites is 2.